The van der Waals surface area contributed by atoms with Crippen LogP contribution in [0, 0.1) is 17.1 Å². The molecular weight excluding hydrogens is 325 g/mol. The lowest BCUT2D eigenvalue weighted by atomic mass is 10.1. The molecule has 6 heteroatoms. The Morgan fingerprint density at radius 2 is 1.96 bits per heavy atom. The van der Waals surface area contributed by atoms with Crippen LogP contribution in [0.1, 0.15) is 35.3 Å². The van der Waals surface area contributed by atoms with E-state index >= 15 is 0 Å². The molecule has 1 aliphatic rings. The molecule has 24 heavy (non-hydrogen) atoms. The zero-order chi connectivity index (χ0) is 16.9. The van der Waals surface area contributed by atoms with E-state index < -0.39 is 0 Å². The van der Waals surface area contributed by atoms with Crippen molar-refractivity contribution < 1.29 is 9.18 Å². The topological polar surface area (TPSA) is 64.9 Å². The number of rotatable bonds is 4. The molecule has 1 heterocycles. The molecule has 2 N–H and O–H groups in total. The number of nitrogens with one attached hydrogen (secondary N) is 2. The number of fused-ring (bicyclic) bond motifs is 1. The van der Waals surface area contributed by atoms with Gasteiger partial charge in [0.1, 0.15) is 16.9 Å². The minimum atomic E-state index is -0.316. The second-order valence-corrected chi connectivity index (χ2v) is 6.89. The quantitative estimate of drug-likeness (QED) is 0.822. The van der Waals surface area contributed by atoms with Crippen molar-refractivity contribution in [2.45, 2.75) is 32.1 Å². The number of benzene rings is 1. The molecule has 1 aromatic heterocycles. The van der Waals surface area contributed by atoms with Crippen molar-refractivity contribution in [2.75, 3.05) is 17.2 Å². The number of anilines is 2. The van der Waals surface area contributed by atoms with Crippen LogP contribution in [0.2, 0.25) is 0 Å². The fourth-order valence-electron chi connectivity index (χ4n) is 2.87. The Morgan fingerprint density at radius 1 is 1.21 bits per heavy atom. The number of hydrogen-bond donors (Lipinski definition) is 2. The van der Waals surface area contributed by atoms with E-state index in [4.69, 9.17) is 0 Å². The maximum atomic E-state index is 12.9. The fourth-order valence-corrected chi connectivity index (χ4v) is 4.13. The Balaban J connectivity index is 1.66. The third-order valence-electron chi connectivity index (χ3n) is 4.08. The molecule has 2 aromatic rings. The highest BCUT2D eigenvalue weighted by Crippen LogP contribution is 2.36. The number of hydrogen-bond acceptors (Lipinski definition) is 4. The van der Waals surface area contributed by atoms with E-state index in [1.807, 2.05) is 0 Å². The number of thiophene rings is 1. The molecule has 1 aliphatic carbocycles. The molecule has 0 bridgehead atoms. The second-order valence-electron chi connectivity index (χ2n) is 5.79. The Bertz CT molecular complexity index is 777. The summed E-state index contributed by atoms with van der Waals surface area (Å²) < 4.78 is 12.9. The molecule has 0 unspecified atom stereocenters. The maximum Gasteiger partial charge on any atom is 0.244 e. The summed E-state index contributed by atoms with van der Waals surface area (Å²) in [5, 5.41) is 15.9. The summed E-state index contributed by atoms with van der Waals surface area (Å²) >= 11 is 1.52. The summed E-state index contributed by atoms with van der Waals surface area (Å²) in [4.78, 5) is 13.4. The van der Waals surface area contributed by atoms with E-state index in [0.717, 1.165) is 31.2 Å². The van der Waals surface area contributed by atoms with Gasteiger partial charge in [0.15, 0.2) is 0 Å². The molecule has 0 saturated heterocycles. The summed E-state index contributed by atoms with van der Waals surface area (Å²) in [5.41, 5.74) is 2.41. The van der Waals surface area contributed by atoms with Crippen molar-refractivity contribution in [1.82, 2.24) is 0 Å². The van der Waals surface area contributed by atoms with Crippen molar-refractivity contribution >= 4 is 27.9 Å². The number of amides is 1. The van der Waals surface area contributed by atoms with Gasteiger partial charge in [0, 0.05) is 10.6 Å². The number of nitrogens with zero attached hydrogens (tertiary/aromatic N) is 1. The predicted molar refractivity (Wildman–Crippen MR) is 93.8 cm³/mol. The number of aryl methyl sites for hydroxylation is 1. The first kappa shape index (κ1) is 16.5. The first-order valence-electron chi connectivity index (χ1n) is 8.01. The minimum absolute atomic E-state index is 0.0685. The van der Waals surface area contributed by atoms with Gasteiger partial charge in [-0.1, -0.05) is 6.42 Å². The van der Waals surface area contributed by atoms with Gasteiger partial charge in [0.25, 0.3) is 0 Å². The van der Waals surface area contributed by atoms with E-state index in [0.29, 0.717) is 16.3 Å². The smallest absolute Gasteiger partial charge is 0.244 e. The van der Waals surface area contributed by atoms with Crippen LogP contribution in [-0.4, -0.2) is 12.5 Å². The van der Waals surface area contributed by atoms with E-state index in [9.17, 15) is 14.4 Å². The van der Waals surface area contributed by atoms with Crippen LogP contribution in [-0.2, 0) is 17.6 Å². The monoisotopic (exact) mass is 343 g/mol. The number of carbonyl (C=O) groups is 1. The second kappa shape index (κ2) is 7.45. The van der Waals surface area contributed by atoms with Gasteiger partial charge in [-0.3, -0.25) is 4.79 Å². The molecule has 0 spiro atoms. The van der Waals surface area contributed by atoms with Crippen LogP contribution in [0.25, 0.3) is 0 Å². The standard InChI is InChI=1S/C18H18FN3OS/c19-12-6-8-13(9-7-12)21-11-17(23)22-18-15(10-20)14-4-2-1-3-5-16(14)24-18/h6-9,21H,1-5,11H2,(H,22,23). The van der Waals surface area contributed by atoms with Gasteiger partial charge in [-0.05, 0) is 55.5 Å². The lowest BCUT2D eigenvalue weighted by molar-refractivity contribution is -0.114. The van der Waals surface area contributed by atoms with Crippen LogP contribution in [0.15, 0.2) is 24.3 Å². The zero-order valence-electron chi connectivity index (χ0n) is 13.2. The van der Waals surface area contributed by atoms with E-state index in [1.54, 1.807) is 12.1 Å². The van der Waals surface area contributed by atoms with Crippen LogP contribution >= 0.6 is 11.3 Å². The molecule has 4 nitrogen and oxygen atoms in total. The van der Waals surface area contributed by atoms with Gasteiger partial charge >= 0.3 is 0 Å². The van der Waals surface area contributed by atoms with Crippen LogP contribution in [0.3, 0.4) is 0 Å². The van der Waals surface area contributed by atoms with Crippen LogP contribution in [0.5, 0.6) is 0 Å². The maximum absolute atomic E-state index is 12.9. The summed E-state index contributed by atoms with van der Waals surface area (Å²) in [7, 11) is 0. The van der Waals surface area contributed by atoms with Crippen molar-refractivity contribution in [1.29, 1.82) is 5.26 Å². The highest BCUT2D eigenvalue weighted by Gasteiger charge is 2.20. The lowest BCUT2D eigenvalue weighted by Gasteiger charge is -2.07. The molecule has 0 saturated carbocycles. The van der Waals surface area contributed by atoms with E-state index in [2.05, 4.69) is 16.7 Å². The predicted octanol–water partition coefficient (Wildman–Crippen LogP) is 4.08. The molecule has 1 amide bonds. The van der Waals surface area contributed by atoms with Gasteiger partial charge in [-0.25, -0.2) is 4.39 Å². The first-order valence-corrected chi connectivity index (χ1v) is 8.83. The van der Waals surface area contributed by atoms with Crippen molar-refractivity contribution in [2.24, 2.45) is 0 Å². The molecule has 1 aromatic carbocycles. The minimum Gasteiger partial charge on any atom is -0.376 e. The summed E-state index contributed by atoms with van der Waals surface area (Å²) in [5.74, 6) is -0.531. The third-order valence-corrected chi connectivity index (χ3v) is 5.29. The molecule has 0 fully saturated rings. The van der Waals surface area contributed by atoms with Crippen molar-refractivity contribution in [3.05, 3.63) is 46.1 Å². The molecule has 0 aliphatic heterocycles. The van der Waals surface area contributed by atoms with Crippen molar-refractivity contribution in [3.63, 3.8) is 0 Å². The van der Waals surface area contributed by atoms with Gasteiger partial charge in [-0.15, -0.1) is 11.3 Å². The third kappa shape index (κ3) is 3.74. The van der Waals surface area contributed by atoms with E-state index in [1.165, 1.54) is 34.8 Å². The van der Waals surface area contributed by atoms with Gasteiger partial charge in [0.2, 0.25) is 5.91 Å². The largest absolute Gasteiger partial charge is 0.376 e. The highest BCUT2D eigenvalue weighted by atomic mass is 32.1. The molecular formula is C18H18FN3OS. The lowest BCUT2D eigenvalue weighted by Crippen LogP contribution is -2.21. The van der Waals surface area contributed by atoms with E-state index in [-0.39, 0.29) is 18.3 Å². The first-order chi connectivity index (χ1) is 11.7. The number of nitriles is 1. The SMILES string of the molecule is N#Cc1c(NC(=O)CNc2ccc(F)cc2)sc2c1CCCCC2. The fraction of sp³-hybridized carbons (Fsp3) is 0.333. The average molecular weight is 343 g/mol. The summed E-state index contributed by atoms with van der Waals surface area (Å²) in [6, 6.07) is 8.09. The summed E-state index contributed by atoms with van der Waals surface area (Å²) in [6.45, 7) is 0.0685. The molecule has 124 valence electrons. The number of halogens is 1. The van der Waals surface area contributed by atoms with Crippen molar-refractivity contribution in [3.8, 4) is 6.07 Å². The van der Waals surface area contributed by atoms with Gasteiger partial charge in [-0.2, -0.15) is 5.26 Å². The Kier molecular flexibility index (Phi) is 5.11. The van der Waals surface area contributed by atoms with Gasteiger partial charge < -0.3 is 10.6 Å². The zero-order valence-corrected chi connectivity index (χ0v) is 14.0. The molecule has 0 radical (unpaired) electrons. The molecule has 3 rings (SSSR count). The van der Waals surface area contributed by atoms with Crippen LogP contribution < -0.4 is 10.6 Å². The van der Waals surface area contributed by atoms with Crippen LogP contribution in [0.4, 0.5) is 15.1 Å². The summed E-state index contributed by atoms with van der Waals surface area (Å²) in [6.07, 6.45) is 5.32. The highest BCUT2D eigenvalue weighted by molar-refractivity contribution is 7.16. The Morgan fingerprint density at radius 3 is 2.71 bits per heavy atom. The average Bonchev–Trinajstić information content (AvgIpc) is 2.74. The number of carbonyl (C=O) groups excluding carboxylic acids is 1. The molecule has 0 atom stereocenters. The Labute approximate surface area is 144 Å². The Hall–Kier alpha value is -2.39. The van der Waals surface area contributed by atoms with Gasteiger partial charge in [0.05, 0.1) is 12.1 Å². The normalized spacial score (nSPS) is 13.5.